The summed E-state index contributed by atoms with van der Waals surface area (Å²) in [7, 11) is -2.25. The minimum atomic E-state index is -3.76. The Morgan fingerprint density at radius 3 is 2.25 bits per heavy atom. The lowest BCUT2D eigenvalue weighted by atomic mass is 9.99. The zero-order chi connectivity index (χ0) is 17.2. The Balaban J connectivity index is 0.00000288. The number of hydrogen-bond acceptors (Lipinski definition) is 4. The van der Waals surface area contributed by atoms with Crippen molar-refractivity contribution in [1.82, 2.24) is 14.5 Å². The van der Waals surface area contributed by atoms with E-state index in [1.165, 1.54) is 23.5 Å². The van der Waals surface area contributed by atoms with E-state index in [-0.39, 0.29) is 29.0 Å². The molecule has 0 fully saturated rings. The lowest BCUT2D eigenvalue weighted by Gasteiger charge is -2.15. The number of aromatic nitrogens is 2. The molecule has 0 aliphatic rings. The molecule has 1 atom stereocenters. The second-order valence-corrected chi connectivity index (χ2v) is 7.79. The van der Waals surface area contributed by atoms with Crippen molar-refractivity contribution >= 4 is 34.0 Å². The van der Waals surface area contributed by atoms with Crippen molar-refractivity contribution in [2.45, 2.75) is 30.8 Å². The smallest absolute Gasteiger partial charge is 0.259 e. The minimum Gasteiger partial charge on any atom is -0.323 e. The van der Waals surface area contributed by atoms with Crippen LogP contribution >= 0.6 is 24.0 Å². The van der Waals surface area contributed by atoms with E-state index in [9.17, 15) is 8.42 Å². The Bertz CT molecular complexity index is 754. The maximum Gasteiger partial charge on any atom is 0.259 e. The van der Waals surface area contributed by atoms with Gasteiger partial charge in [0.1, 0.15) is 0 Å². The van der Waals surface area contributed by atoms with Crippen molar-refractivity contribution in [2.75, 3.05) is 6.54 Å². The molecule has 0 amide bonds. The van der Waals surface area contributed by atoms with E-state index in [4.69, 9.17) is 17.3 Å². The van der Waals surface area contributed by atoms with Gasteiger partial charge in [0.2, 0.25) is 0 Å². The standard InChI is InChI=1S/C15H21ClN4O2S.ClH/c1-10(2)11-4-6-12(7-5-11)14(17)9-19-23(21,22)15-13(16)8-18-20(15)3;/h4-8,10,14,19H,9,17H2,1-3H3;1H. The predicted octanol–water partition coefficient (Wildman–Crippen LogP) is 2.60. The summed E-state index contributed by atoms with van der Waals surface area (Å²) in [5.74, 6) is 0.436. The highest BCUT2D eigenvalue weighted by atomic mass is 35.5. The number of nitrogens with one attached hydrogen (secondary N) is 1. The van der Waals surface area contributed by atoms with Gasteiger partial charge in [0.25, 0.3) is 10.0 Å². The summed E-state index contributed by atoms with van der Waals surface area (Å²) in [4.78, 5) is 0. The highest BCUT2D eigenvalue weighted by Crippen LogP contribution is 2.21. The van der Waals surface area contributed by atoms with Crippen LogP contribution in [0.15, 0.2) is 35.5 Å². The molecule has 1 aromatic heterocycles. The van der Waals surface area contributed by atoms with E-state index in [1.54, 1.807) is 0 Å². The highest BCUT2D eigenvalue weighted by Gasteiger charge is 2.23. The van der Waals surface area contributed by atoms with Gasteiger partial charge >= 0.3 is 0 Å². The Kier molecular flexibility index (Phi) is 7.25. The lowest BCUT2D eigenvalue weighted by molar-refractivity contribution is 0.555. The molecule has 24 heavy (non-hydrogen) atoms. The summed E-state index contributed by atoms with van der Waals surface area (Å²) >= 11 is 5.88. The molecule has 6 nitrogen and oxygen atoms in total. The molecule has 1 aromatic carbocycles. The van der Waals surface area contributed by atoms with Crippen LogP contribution in [0, 0.1) is 0 Å². The zero-order valence-electron chi connectivity index (χ0n) is 13.7. The van der Waals surface area contributed by atoms with Gasteiger partial charge in [-0.3, -0.25) is 4.68 Å². The van der Waals surface area contributed by atoms with Crippen molar-refractivity contribution in [1.29, 1.82) is 0 Å². The SMILES string of the molecule is CC(C)c1ccc(C(N)CNS(=O)(=O)c2c(Cl)cnn2C)cc1.Cl. The highest BCUT2D eigenvalue weighted by molar-refractivity contribution is 7.89. The van der Waals surface area contributed by atoms with Crippen LogP contribution in [0.2, 0.25) is 5.02 Å². The number of nitrogens with two attached hydrogens (primary N) is 1. The van der Waals surface area contributed by atoms with E-state index in [0.29, 0.717) is 5.92 Å². The normalized spacial score (nSPS) is 12.9. The Morgan fingerprint density at radius 2 is 1.79 bits per heavy atom. The maximum atomic E-state index is 12.3. The number of sulfonamides is 1. The molecular weight excluding hydrogens is 371 g/mol. The van der Waals surface area contributed by atoms with Crippen LogP contribution < -0.4 is 10.5 Å². The molecule has 0 aliphatic heterocycles. The third-order valence-electron chi connectivity index (χ3n) is 3.62. The average molecular weight is 393 g/mol. The first-order valence-electron chi connectivity index (χ1n) is 7.25. The van der Waals surface area contributed by atoms with E-state index < -0.39 is 16.1 Å². The van der Waals surface area contributed by atoms with Crippen molar-refractivity contribution < 1.29 is 8.42 Å². The first kappa shape index (κ1) is 20.9. The second kappa shape index (κ2) is 8.31. The Hall–Kier alpha value is -1.12. The van der Waals surface area contributed by atoms with Gasteiger partial charge in [-0.2, -0.15) is 5.10 Å². The molecule has 0 radical (unpaired) electrons. The van der Waals surface area contributed by atoms with E-state index in [1.807, 2.05) is 24.3 Å². The van der Waals surface area contributed by atoms with Gasteiger partial charge in [-0.25, -0.2) is 13.1 Å². The van der Waals surface area contributed by atoms with Crippen LogP contribution in [-0.4, -0.2) is 24.7 Å². The quantitative estimate of drug-likeness (QED) is 0.790. The third kappa shape index (κ3) is 4.70. The molecule has 0 bridgehead atoms. The molecule has 3 N–H and O–H groups in total. The largest absolute Gasteiger partial charge is 0.323 e. The molecule has 9 heteroatoms. The van der Waals surface area contributed by atoms with Gasteiger partial charge in [0.05, 0.1) is 11.2 Å². The van der Waals surface area contributed by atoms with Crippen molar-refractivity contribution in [2.24, 2.45) is 12.8 Å². The van der Waals surface area contributed by atoms with E-state index >= 15 is 0 Å². The number of benzene rings is 1. The van der Waals surface area contributed by atoms with Gasteiger partial charge in [0.15, 0.2) is 5.03 Å². The molecule has 1 unspecified atom stereocenters. The molecule has 0 spiro atoms. The van der Waals surface area contributed by atoms with E-state index in [2.05, 4.69) is 23.7 Å². The first-order valence-corrected chi connectivity index (χ1v) is 9.11. The molecule has 134 valence electrons. The molecule has 0 saturated carbocycles. The van der Waals surface area contributed by atoms with E-state index in [0.717, 1.165) is 5.56 Å². The number of aryl methyl sites for hydroxylation is 1. The number of hydrogen-bond donors (Lipinski definition) is 2. The first-order chi connectivity index (χ1) is 10.7. The molecule has 2 rings (SSSR count). The van der Waals surface area contributed by atoms with Gasteiger partial charge in [-0.15, -0.1) is 12.4 Å². The van der Waals surface area contributed by atoms with Crippen LogP contribution in [0.1, 0.15) is 36.9 Å². The van der Waals surface area contributed by atoms with Crippen LogP contribution in [0.3, 0.4) is 0 Å². The maximum absolute atomic E-state index is 12.3. The molecule has 1 heterocycles. The topological polar surface area (TPSA) is 90.0 Å². The van der Waals surface area contributed by atoms with Crippen LogP contribution in [-0.2, 0) is 17.1 Å². The number of halogens is 2. The van der Waals surface area contributed by atoms with Crippen molar-refractivity contribution in [3.8, 4) is 0 Å². The fraction of sp³-hybridized carbons (Fsp3) is 0.400. The van der Waals surface area contributed by atoms with Gasteiger partial charge in [0, 0.05) is 19.6 Å². The fourth-order valence-electron chi connectivity index (χ4n) is 2.22. The molecule has 0 saturated heterocycles. The third-order valence-corrected chi connectivity index (χ3v) is 5.55. The van der Waals surface area contributed by atoms with Crippen molar-refractivity contribution in [3.05, 3.63) is 46.6 Å². The molecular formula is C15H22Cl2N4O2S. The summed E-state index contributed by atoms with van der Waals surface area (Å²) in [5, 5.41) is 3.84. The summed E-state index contributed by atoms with van der Waals surface area (Å²) in [6.45, 7) is 4.30. The van der Waals surface area contributed by atoms with Gasteiger partial charge < -0.3 is 5.73 Å². The van der Waals surface area contributed by atoms with Crippen molar-refractivity contribution in [3.63, 3.8) is 0 Å². The summed E-state index contributed by atoms with van der Waals surface area (Å²) < 4.78 is 28.3. The minimum absolute atomic E-state index is 0. The summed E-state index contributed by atoms with van der Waals surface area (Å²) in [6.07, 6.45) is 1.29. The fourth-order valence-corrected chi connectivity index (χ4v) is 3.93. The Morgan fingerprint density at radius 1 is 1.25 bits per heavy atom. The molecule has 0 aliphatic carbocycles. The monoisotopic (exact) mass is 392 g/mol. The zero-order valence-corrected chi connectivity index (χ0v) is 16.1. The second-order valence-electron chi connectivity index (χ2n) is 5.70. The summed E-state index contributed by atoms with van der Waals surface area (Å²) in [5.41, 5.74) is 8.16. The number of rotatable bonds is 6. The predicted molar refractivity (Wildman–Crippen MR) is 98.1 cm³/mol. The van der Waals surface area contributed by atoms with Crippen LogP contribution in [0.4, 0.5) is 0 Å². The Labute approximate surface area is 153 Å². The van der Waals surface area contributed by atoms with Crippen LogP contribution in [0.25, 0.3) is 0 Å². The number of nitrogens with zero attached hydrogens (tertiary/aromatic N) is 2. The average Bonchev–Trinajstić information content (AvgIpc) is 2.84. The van der Waals surface area contributed by atoms with Crippen LogP contribution in [0.5, 0.6) is 0 Å². The lowest BCUT2D eigenvalue weighted by Crippen LogP contribution is -2.33. The molecule has 2 aromatic rings. The van der Waals surface area contributed by atoms with Gasteiger partial charge in [-0.1, -0.05) is 49.7 Å². The summed E-state index contributed by atoms with van der Waals surface area (Å²) in [6, 6.07) is 7.41. The van der Waals surface area contributed by atoms with Gasteiger partial charge in [-0.05, 0) is 17.0 Å².